The van der Waals surface area contributed by atoms with Gasteiger partial charge < -0.3 is 20.1 Å². The summed E-state index contributed by atoms with van der Waals surface area (Å²) in [6, 6.07) is 12.8. The van der Waals surface area contributed by atoms with Gasteiger partial charge in [-0.25, -0.2) is 4.79 Å². The Morgan fingerprint density at radius 2 is 1.92 bits per heavy atom. The zero-order chi connectivity index (χ0) is 16.9. The van der Waals surface area contributed by atoms with E-state index in [1.807, 2.05) is 49.4 Å². The molecule has 0 aliphatic carbocycles. The number of ether oxygens (including phenoxy) is 2. The SMILES string of the molecule is Cc1c(Br)cccc1NC(=O)Nc1ccccc1O[C@@H]1CCOC1. The maximum atomic E-state index is 12.3. The summed E-state index contributed by atoms with van der Waals surface area (Å²) in [4.78, 5) is 12.3. The van der Waals surface area contributed by atoms with Crippen LogP contribution in [0.1, 0.15) is 12.0 Å². The van der Waals surface area contributed by atoms with Crippen molar-refractivity contribution in [3.05, 3.63) is 52.5 Å². The molecule has 1 aliphatic rings. The van der Waals surface area contributed by atoms with E-state index in [0.29, 0.717) is 24.7 Å². The van der Waals surface area contributed by atoms with Crippen molar-refractivity contribution in [2.45, 2.75) is 19.4 Å². The summed E-state index contributed by atoms with van der Waals surface area (Å²) in [6.45, 7) is 3.23. The van der Waals surface area contributed by atoms with Crippen LogP contribution >= 0.6 is 15.9 Å². The van der Waals surface area contributed by atoms with Gasteiger partial charge >= 0.3 is 6.03 Å². The molecule has 2 N–H and O–H groups in total. The normalized spacial score (nSPS) is 16.7. The molecule has 0 bridgehead atoms. The van der Waals surface area contributed by atoms with Gasteiger partial charge in [0.1, 0.15) is 11.9 Å². The lowest BCUT2D eigenvalue weighted by atomic mass is 10.2. The highest BCUT2D eigenvalue weighted by atomic mass is 79.9. The molecule has 1 atom stereocenters. The number of urea groups is 1. The molecule has 0 saturated carbocycles. The van der Waals surface area contributed by atoms with Crippen LogP contribution in [-0.4, -0.2) is 25.3 Å². The van der Waals surface area contributed by atoms with Crippen molar-refractivity contribution in [1.82, 2.24) is 0 Å². The van der Waals surface area contributed by atoms with Crippen LogP contribution in [0.15, 0.2) is 46.9 Å². The second-order valence-electron chi connectivity index (χ2n) is 5.59. The van der Waals surface area contributed by atoms with Crippen molar-refractivity contribution in [2.24, 2.45) is 0 Å². The first-order valence-electron chi connectivity index (χ1n) is 7.80. The standard InChI is InChI=1S/C18H19BrN2O3/c1-12-14(19)5-4-7-15(12)20-18(22)21-16-6-2-3-8-17(16)24-13-9-10-23-11-13/h2-8,13H,9-11H2,1H3,(H2,20,21,22)/t13-/m1/s1. The molecule has 0 radical (unpaired) electrons. The summed E-state index contributed by atoms with van der Waals surface area (Å²) < 4.78 is 12.2. The van der Waals surface area contributed by atoms with Crippen LogP contribution in [0, 0.1) is 6.92 Å². The Kier molecular flexibility index (Phi) is 5.37. The maximum absolute atomic E-state index is 12.3. The van der Waals surface area contributed by atoms with Crippen molar-refractivity contribution < 1.29 is 14.3 Å². The summed E-state index contributed by atoms with van der Waals surface area (Å²) in [7, 11) is 0. The zero-order valence-electron chi connectivity index (χ0n) is 13.3. The van der Waals surface area contributed by atoms with Gasteiger partial charge in [0.25, 0.3) is 0 Å². The lowest BCUT2D eigenvalue weighted by Gasteiger charge is -2.16. The minimum Gasteiger partial charge on any atom is -0.486 e. The molecular weight excluding hydrogens is 372 g/mol. The quantitative estimate of drug-likeness (QED) is 0.803. The molecule has 24 heavy (non-hydrogen) atoms. The number of rotatable bonds is 4. The Bertz CT molecular complexity index is 730. The largest absolute Gasteiger partial charge is 0.486 e. The number of carbonyl (C=O) groups is 1. The fraction of sp³-hybridized carbons (Fsp3) is 0.278. The maximum Gasteiger partial charge on any atom is 0.323 e. The minimum absolute atomic E-state index is 0.0309. The van der Waals surface area contributed by atoms with Crippen molar-refractivity contribution in [1.29, 1.82) is 0 Å². The molecule has 3 rings (SSSR count). The molecule has 0 spiro atoms. The van der Waals surface area contributed by atoms with Crippen LogP contribution in [0.3, 0.4) is 0 Å². The van der Waals surface area contributed by atoms with Gasteiger partial charge in [-0.3, -0.25) is 0 Å². The van der Waals surface area contributed by atoms with E-state index in [4.69, 9.17) is 9.47 Å². The third kappa shape index (κ3) is 4.07. The molecule has 1 heterocycles. The lowest BCUT2D eigenvalue weighted by Crippen LogP contribution is -2.22. The van der Waals surface area contributed by atoms with E-state index in [1.54, 1.807) is 0 Å². The first-order chi connectivity index (χ1) is 11.6. The fourth-order valence-electron chi connectivity index (χ4n) is 2.48. The van der Waals surface area contributed by atoms with E-state index in [1.165, 1.54) is 0 Å². The van der Waals surface area contributed by atoms with E-state index in [2.05, 4.69) is 26.6 Å². The van der Waals surface area contributed by atoms with Gasteiger partial charge in [0.15, 0.2) is 0 Å². The predicted molar refractivity (Wildman–Crippen MR) is 97.8 cm³/mol. The molecule has 2 aromatic carbocycles. The van der Waals surface area contributed by atoms with Crippen molar-refractivity contribution >= 4 is 33.3 Å². The molecule has 6 heteroatoms. The second-order valence-corrected chi connectivity index (χ2v) is 6.45. The Morgan fingerprint density at radius 3 is 2.71 bits per heavy atom. The summed E-state index contributed by atoms with van der Waals surface area (Å²) in [5, 5.41) is 5.71. The smallest absolute Gasteiger partial charge is 0.323 e. The Morgan fingerprint density at radius 1 is 1.17 bits per heavy atom. The highest BCUT2D eigenvalue weighted by Crippen LogP contribution is 2.27. The predicted octanol–water partition coefficient (Wildman–Crippen LogP) is 4.57. The second kappa shape index (κ2) is 7.68. The molecule has 126 valence electrons. The molecule has 5 nitrogen and oxygen atoms in total. The van der Waals surface area contributed by atoms with Crippen molar-refractivity contribution in [2.75, 3.05) is 23.8 Å². The van der Waals surface area contributed by atoms with Gasteiger partial charge in [-0.05, 0) is 36.8 Å². The number of hydrogen-bond acceptors (Lipinski definition) is 3. The zero-order valence-corrected chi connectivity index (χ0v) is 14.9. The average Bonchev–Trinajstić information content (AvgIpc) is 3.07. The monoisotopic (exact) mass is 390 g/mol. The number of para-hydroxylation sites is 2. The van der Waals surface area contributed by atoms with Gasteiger partial charge in [-0.2, -0.15) is 0 Å². The van der Waals surface area contributed by atoms with Gasteiger partial charge in [0, 0.05) is 16.6 Å². The van der Waals surface area contributed by atoms with Crippen LogP contribution < -0.4 is 15.4 Å². The number of hydrogen-bond donors (Lipinski definition) is 2. The molecule has 1 fully saturated rings. The number of anilines is 2. The van der Waals surface area contributed by atoms with Crippen molar-refractivity contribution in [3.63, 3.8) is 0 Å². The highest BCUT2D eigenvalue weighted by molar-refractivity contribution is 9.10. The third-order valence-electron chi connectivity index (χ3n) is 3.83. The number of nitrogens with one attached hydrogen (secondary N) is 2. The van der Waals surface area contributed by atoms with E-state index < -0.39 is 0 Å². The third-order valence-corrected chi connectivity index (χ3v) is 4.69. The summed E-state index contributed by atoms with van der Waals surface area (Å²) in [5.74, 6) is 0.647. The summed E-state index contributed by atoms with van der Waals surface area (Å²) in [5.41, 5.74) is 2.36. The lowest BCUT2D eigenvalue weighted by molar-refractivity contribution is 0.142. The number of amides is 2. The van der Waals surface area contributed by atoms with Crippen molar-refractivity contribution in [3.8, 4) is 5.75 Å². The summed E-state index contributed by atoms with van der Waals surface area (Å²) in [6.07, 6.45) is 0.890. The number of halogens is 1. The van der Waals surface area contributed by atoms with E-state index in [0.717, 1.165) is 22.1 Å². The molecule has 0 aromatic heterocycles. The number of benzene rings is 2. The van der Waals surface area contributed by atoms with Crippen LogP contribution in [0.25, 0.3) is 0 Å². The van der Waals surface area contributed by atoms with Gasteiger partial charge in [-0.15, -0.1) is 0 Å². The molecular formula is C18H19BrN2O3. The molecule has 2 amide bonds. The van der Waals surface area contributed by atoms with Crippen LogP contribution in [0.2, 0.25) is 0 Å². The van der Waals surface area contributed by atoms with Crippen LogP contribution in [0.5, 0.6) is 5.75 Å². The molecule has 0 unspecified atom stereocenters. The van der Waals surface area contributed by atoms with Crippen LogP contribution in [0.4, 0.5) is 16.2 Å². The minimum atomic E-state index is -0.310. The Balaban J connectivity index is 1.69. The van der Waals surface area contributed by atoms with Gasteiger partial charge in [0.05, 0.1) is 18.9 Å². The highest BCUT2D eigenvalue weighted by Gasteiger charge is 2.19. The first-order valence-corrected chi connectivity index (χ1v) is 8.59. The number of carbonyl (C=O) groups excluding carboxylic acids is 1. The molecule has 1 aliphatic heterocycles. The molecule has 2 aromatic rings. The van der Waals surface area contributed by atoms with Crippen LogP contribution in [-0.2, 0) is 4.74 Å². The summed E-state index contributed by atoms with van der Waals surface area (Å²) >= 11 is 3.46. The van der Waals surface area contributed by atoms with Gasteiger partial charge in [0.2, 0.25) is 0 Å². The molecule has 1 saturated heterocycles. The Labute approximate surface area is 149 Å². The fourth-order valence-corrected chi connectivity index (χ4v) is 2.84. The van der Waals surface area contributed by atoms with E-state index >= 15 is 0 Å². The average molecular weight is 391 g/mol. The Hall–Kier alpha value is -2.05. The van der Waals surface area contributed by atoms with E-state index in [-0.39, 0.29) is 12.1 Å². The topological polar surface area (TPSA) is 59.6 Å². The van der Waals surface area contributed by atoms with Gasteiger partial charge in [-0.1, -0.05) is 34.1 Å². The first kappa shape index (κ1) is 16.8. The van der Waals surface area contributed by atoms with E-state index in [9.17, 15) is 4.79 Å².